The van der Waals surface area contributed by atoms with Gasteiger partial charge in [0.2, 0.25) is 0 Å². The van der Waals surface area contributed by atoms with Crippen LogP contribution in [-0.2, 0) is 4.74 Å². The summed E-state index contributed by atoms with van der Waals surface area (Å²) >= 11 is 0. The van der Waals surface area contributed by atoms with Gasteiger partial charge in [0.25, 0.3) is 5.67 Å². The third-order valence-electron chi connectivity index (χ3n) is 11.9. The molecule has 0 radical (unpaired) electrons. The maximum Gasteiger partial charge on any atom is 0.431 e. The normalized spacial score (nSPS) is 47.4. The van der Waals surface area contributed by atoms with Crippen molar-refractivity contribution in [1.29, 1.82) is 0 Å². The average Bonchev–Trinajstić information content (AvgIpc) is 3.33. The van der Waals surface area contributed by atoms with Crippen molar-refractivity contribution in [3.05, 3.63) is 0 Å². The third kappa shape index (κ3) is 3.63. The van der Waals surface area contributed by atoms with Crippen molar-refractivity contribution < 1.29 is 40.6 Å². The van der Waals surface area contributed by atoms with Gasteiger partial charge in [0.05, 0.1) is 12.2 Å². The molecule has 1 saturated heterocycles. The summed E-state index contributed by atoms with van der Waals surface area (Å²) in [5.41, 5.74) is -5.31. The Bertz CT molecular complexity index is 844. The van der Waals surface area contributed by atoms with Crippen LogP contribution in [0, 0.1) is 40.4 Å². The SMILES string of the molecule is C[C@H](CCCC(F)(C(F)(F)F)C(F)(F)F)[C@H]1CC[C@H]2[C@@H]3C[C@@H]4O[C@@]45C[C@@H](O)CC[C@]5(C)[C@H]3CC[C@]12C. The van der Waals surface area contributed by atoms with E-state index in [1.54, 1.807) is 0 Å². The van der Waals surface area contributed by atoms with Crippen LogP contribution in [0.25, 0.3) is 0 Å². The highest BCUT2D eigenvalue weighted by Gasteiger charge is 2.76. The fraction of sp³-hybridized carbons (Fsp3) is 1.00. The first-order valence-corrected chi connectivity index (χ1v) is 13.7. The van der Waals surface area contributed by atoms with E-state index >= 15 is 0 Å². The molecule has 1 heterocycles. The predicted molar refractivity (Wildman–Crippen MR) is 120 cm³/mol. The molecule has 36 heavy (non-hydrogen) atoms. The van der Waals surface area contributed by atoms with Crippen molar-refractivity contribution in [3.63, 3.8) is 0 Å². The van der Waals surface area contributed by atoms with E-state index in [-0.39, 0.29) is 46.9 Å². The molecule has 1 spiro atoms. The Balaban J connectivity index is 1.26. The predicted octanol–water partition coefficient (Wildman–Crippen LogP) is 7.78. The monoisotopic (exact) mass is 528 g/mol. The maximum atomic E-state index is 14.1. The molecule has 0 amide bonds. The second-order valence-corrected chi connectivity index (χ2v) is 13.3. The molecular formula is C27H39F7O2. The van der Waals surface area contributed by atoms with Crippen molar-refractivity contribution in [3.8, 4) is 0 Å². The van der Waals surface area contributed by atoms with Crippen LogP contribution in [0.1, 0.15) is 91.4 Å². The standard InChI is InChI=1S/C27H39F7O2/c1-15(5-4-10-25(28,26(29,30)31)27(32,33)34)18-6-7-19-17-13-21-24(36-21)14-16(35)8-12-23(24,3)20(17)9-11-22(18,19)2/h15-21,35H,4-14H2,1-3H3/t15-,16+,17+,18-,19+,20+,21+,22-,23-,24+/m1/s1. The third-order valence-corrected chi connectivity index (χ3v) is 11.9. The number of hydrogen-bond donors (Lipinski definition) is 1. The lowest BCUT2D eigenvalue weighted by molar-refractivity contribution is -0.343. The smallest absolute Gasteiger partial charge is 0.393 e. The second-order valence-electron chi connectivity index (χ2n) is 13.3. The Kier molecular flexibility index (Phi) is 6.17. The van der Waals surface area contributed by atoms with Crippen molar-refractivity contribution in [2.45, 2.75) is 127 Å². The van der Waals surface area contributed by atoms with Crippen LogP contribution in [0.15, 0.2) is 0 Å². The van der Waals surface area contributed by atoms with Gasteiger partial charge in [-0.05, 0) is 92.8 Å². The van der Waals surface area contributed by atoms with Crippen LogP contribution >= 0.6 is 0 Å². The Morgan fingerprint density at radius 2 is 1.58 bits per heavy atom. The second kappa shape index (κ2) is 8.22. The Morgan fingerprint density at radius 1 is 0.917 bits per heavy atom. The van der Waals surface area contributed by atoms with Crippen LogP contribution in [0.2, 0.25) is 0 Å². The van der Waals surface area contributed by atoms with Gasteiger partial charge < -0.3 is 9.84 Å². The zero-order chi connectivity index (χ0) is 26.5. The van der Waals surface area contributed by atoms with Gasteiger partial charge in [0.15, 0.2) is 0 Å². The Hall–Kier alpha value is -0.570. The minimum absolute atomic E-state index is 0.0130. The summed E-state index contributed by atoms with van der Waals surface area (Å²) in [6.07, 6.45) is -6.51. The molecule has 10 atom stereocenters. The first-order valence-electron chi connectivity index (χ1n) is 13.7. The molecule has 4 saturated carbocycles. The van der Waals surface area contributed by atoms with E-state index in [1.807, 2.05) is 6.92 Å². The van der Waals surface area contributed by atoms with Gasteiger partial charge >= 0.3 is 12.4 Å². The van der Waals surface area contributed by atoms with Crippen LogP contribution in [-0.4, -0.2) is 40.9 Å². The number of halogens is 7. The first kappa shape index (κ1) is 27.0. The zero-order valence-corrected chi connectivity index (χ0v) is 21.3. The van der Waals surface area contributed by atoms with Gasteiger partial charge in [-0.15, -0.1) is 0 Å². The number of epoxide rings is 1. The minimum atomic E-state index is -5.97. The Labute approximate surface area is 208 Å². The molecule has 0 aromatic rings. The van der Waals surface area contributed by atoms with Crippen molar-refractivity contribution in [2.75, 3.05) is 0 Å². The first-order chi connectivity index (χ1) is 16.5. The van der Waals surface area contributed by atoms with Gasteiger partial charge in [-0.25, -0.2) is 4.39 Å². The average molecular weight is 529 g/mol. The molecule has 2 nitrogen and oxygen atoms in total. The molecule has 4 aliphatic carbocycles. The summed E-state index contributed by atoms with van der Waals surface area (Å²) in [7, 11) is 0. The Morgan fingerprint density at radius 3 is 2.22 bits per heavy atom. The van der Waals surface area contributed by atoms with Gasteiger partial charge in [-0.3, -0.25) is 0 Å². The fourth-order valence-corrected chi connectivity index (χ4v) is 9.95. The number of hydrogen-bond acceptors (Lipinski definition) is 2. The summed E-state index contributed by atoms with van der Waals surface area (Å²) in [4.78, 5) is 0. The van der Waals surface area contributed by atoms with Crippen LogP contribution < -0.4 is 0 Å². The highest BCUT2D eigenvalue weighted by molar-refractivity contribution is 5.24. The van der Waals surface area contributed by atoms with Crippen molar-refractivity contribution in [1.82, 2.24) is 0 Å². The van der Waals surface area contributed by atoms with E-state index < -0.39 is 30.9 Å². The number of aliphatic hydroxyl groups is 1. The number of aliphatic hydroxyl groups excluding tert-OH is 1. The number of fused-ring (bicyclic) bond motifs is 4. The number of ether oxygens (including phenoxy) is 1. The zero-order valence-electron chi connectivity index (χ0n) is 21.3. The summed E-state index contributed by atoms with van der Waals surface area (Å²) < 4.78 is 98.2. The molecule has 5 fully saturated rings. The summed E-state index contributed by atoms with van der Waals surface area (Å²) in [5, 5.41) is 10.3. The topological polar surface area (TPSA) is 32.8 Å². The molecule has 0 bridgehead atoms. The van der Waals surface area contributed by atoms with Crippen LogP contribution in [0.4, 0.5) is 30.7 Å². The van der Waals surface area contributed by atoms with Gasteiger partial charge in [0, 0.05) is 11.8 Å². The minimum Gasteiger partial charge on any atom is -0.393 e. The maximum absolute atomic E-state index is 14.1. The summed E-state index contributed by atoms with van der Waals surface area (Å²) in [5.74, 6) is 1.61. The number of rotatable bonds is 5. The molecule has 9 heteroatoms. The molecule has 0 aromatic heterocycles. The quantitative estimate of drug-likeness (QED) is 0.292. The van der Waals surface area contributed by atoms with E-state index in [4.69, 9.17) is 4.74 Å². The van der Waals surface area contributed by atoms with Crippen molar-refractivity contribution in [2.24, 2.45) is 40.4 Å². The van der Waals surface area contributed by atoms with Gasteiger partial charge in [-0.2, -0.15) is 26.3 Å². The van der Waals surface area contributed by atoms with E-state index in [1.165, 1.54) is 0 Å². The van der Waals surface area contributed by atoms with E-state index in [0.29, 0.717) is 24.2 Å². The molecular weight excluding hydrogens is 489 g/mol. The molecule has 1 aliphatic heterocycles. The number of alkyl halides is 7. The lowest BCUT2D eigenvalue weighted by Crippen LogP contribution is -2.58. The van der Waals surface area contributed by atoms with E-state index in [9.17, 15) is 35.8 Å². The fourth-order valence-electron chi connectivity index (χ4n) is 9.95. The van der Waals surface area contributed by atoms with E-state index in [2.05, 4.69) is 13.8 Å². The van der Waals surface area contributed by atoms with Gasteiger partial charge in [0.1, 0.15) is 5.60 Å². The molecule has 1 N–H and O–H groups in total. The largest absolute Gasteiger partial charge is 0.431 e. The highest BCUT2D eigenvalue weighted by Crippen LogP contribution is 2.74. The molecule has 208 valence electrons. The molecule has 0 aromatic carbocycles. The van der Waals surface area contributed by atoms with Gasteiger partial charge in [-0.1, -0.05) is 27.2 Å². The van der Waals surface area contributed by atoms with E-state index in [0.717, 1.165) is 44.9 Å². The summed E-state index contributed by atoms with van der Waals surface area (Å²) in [6, 6.07) is 0. The molecule has 0 unspecified atom stereocenters. The lowest BCUT2D eigenvalue weighted by atomic mass is 9.44. The lowest BCUT2D eigenvalue weighted by Gasteiger charge is -2.59. The molecule has 5 aliphatic rings. The highest BCUT2D eigenvalue weighted by atomic mass is 19.4. The molecule has 5 rings (SSSR count). The van der Waals surface area contributed by atoms with Crippen LogP contribution in [0.5, 0.6) is 0 Å². The van der Waals surface area contributed by atoms with Crippen LogP contribution in [0.3, 0.4) is 0 Å². The van der Waals surface area contributed by atoms with Crippen molar-refractivity contribution >= 4 is 0 Å². The summed E-state index contributed by atoms with van der Waals surface area (Å²) in [6.45, 7) is 6.54.